The van der Waals surface area contributed by atoms with Crippen LogP contribution in [0.4, 0.5) is 5.82 Å². The quantitative estimate of drug-likeness (QED) is 0.720. The Hall–Kier alpha value is -2.80. The lowest BCUT2D eigenvalue weighted by Gasteiger charge is -2.28. The molecule has 0 bridgehead atoms. The summed E-state index contributed by atoms with van der Waals surface area (Å²) in [5.74, 6) is 2.09. The van der Waals surface area contributed by atoms with Crippen LogP contribution in [0.3, 0.4) is 0 Å². The van der Waals surface area contributed by atoms with Gasteiger partial charge in [0, 0.05) is 11.8 Å². The van der Waals surface area contributed by atoms with Crippen molar-refractivity contribution in [2.24, 2.45) is 0 Å². The van der Waals surface area contributed by atoms with Crippen LogP contribution in [-0.2, 0) is 0 Å². The average Bonchev–Trinajstić information content (AvgIpc) is 3.12. The fourth-order valence-corrected chi connectivity index (χ4v) is 3.63. The van der Waals surface area contributed by atoms with Gasteiger partial charge in [-0.25, -0.2) is 9.50 Å². The van der Waals surface area contributed by atoms with E-state index in [2.05, 4.69) is 10.4 Å². The van der Waals surface area contributed by atoms with Crippen molar-refractivity contribution in [2.45, 2.75) is 37.8 Å². The summed E-state index contributed by atoms with van der Waals surface area (Å²) in [6.45, 7) is 0. The topological polar surface area (TPSA) is 80.9 Å². The van der Waals surface area contributed by atoms with Crippen molar-refractivity contribution in [1.82, 2.24) is 14.6 Å². The van der Waals surface area contributed by atoms with Crippen LogP contribution in [-0.4, -0.2) is 46.1 Å². The Morgan fingerprint density at radius 2 is 1.93 bits per heavy atom. The number of aromatic nitrogens is 3. The number of aliphatic hydroxyl groups excluding tert-OH is 1. The highest BCUT2D eigenvalue weighted by Gasteiger charge is 2.23. The number of hydrogen-bond donors (Lipinski definition) is 2. The molecule has 0 aliphatic heterocycles. The summed E-state index contributed by atoms with van der Waals surface area (Å²) in [5, 5.41) is 18.0. The number of nitrogens with one attached hydrogen (secondary N) is 1. The Bertz CT molecular complexity index is 940. The van der Waals surface area contributed by atoms with Crippen molar-refractivity contribution in [3.8, 4) is 22.6 Å². The van der Waals surface area contributed by atoms with Gasteiger partial charge >= 0.3 is 0 Å². The third kappa shape index (κ3) is 3.42. The highest BCUT2D eigenvalue weighted by atomic mass is 16.5. The maximum Gasteiger partial charge on any atom is 0.165 e. The molecule has 27 heavy (non-hydrogen) atoms. The van der Waals surface area contributed by atoms with E-state index >= 15 is 0 Å². The van der Waals surface area contributed by atoms with Crippen molar-refractivity contribution in [2.75, 3.05) is 19.5 Å². The van der Waals surface area contributed by atoms with Crippen molar-refractivity contribution in [3.63, 3.8) is 0 Å². The minimum Gasteiger partial charge on any atom is -0.493 e. The number of rotatable bonds is 5. The second kappa shape index (κ2) is 7.44. The zero-order chi connectivity index (χ0) is 18.8. The normalized spacial score (nSPS) is 19.8. The number of hydrogen-bond acceptors (Lipinski definition) is 6. The van der Waals surface area contributed by atoms with Gasteiger partial charge < -0.3 is 19.9 Å². The second-order valence-corrected chi connectivity index (χ2v) is 6.81. The Balaban J connectivity index is 1.68. The summed E-state index contributed by atoms with van der Waals surface area (Å²) in [5.41, 5.74) is 2.60. The molecule has 7 nitrogen and oxygen atoms in total. The van der Waals surface area contributed by atoms with E-state index in [0.717, 1.165) is 48.3 Å². The maximum absolute atomic E-state index is 10.2. The first-order valence-corrected chi connectivity index (χ1v) is 9.21. The molecular weight excluding hydrogens is 344 g/mol. The zero-order valence-corrected chi connectivity index (χ0v) is 15.6. The first kappa shape index (κ1) is 17.6. The summed E-state index contributed by atoms with van der Waals surface area (Å²) in [4.78, 5) is 4.74. The highest BCUT2D eigenvalue weighted by molar-refractivity contribution is 5.79. The van der Waals surface area contributed by atoms with Gasteiger partial charge in [-0.2, -0.15) is 5.10 Å². The van der Waals surface area contributed by atoms with Crippen LogP contribution in [0.2, 0.25) is 0 Å². The summed E-state index contributed by atoms with van der Waals surface area (Å²) in [6, 6.07) is 7.69. The van der Waals surface area contributed by atoms with E-state index in [0.29, 0.717) is 11.5 Å². The van der Waals surface area contributed by atoms with Crippen LogP contribution < -0.4 is 14.8 Å². The number of ether oxygens (including phenoxy) is 2. The lowest BCUT2D eigenvalue weighted by molar-refractivity contribution is 0.116. The smallest absolute Gasteiger partial charge is 0.165 e. The van der Waals surface area contributed by atoms with Crippen molar-refractivity contribution >= 4 is 11.5 Å². The van der Waals surface area contributed by atoms with E-state index in [-0.39, 0.29) is 12.1 Å². The van der Waals surface area contributed by atoms with Gasteiger partial charge in [-0.15, -0.1) is 0 Å². The van der Waals surface area contributed by atoms with Crippen LogP contribution in [0.25, 0.3) is 16.8 Å². The van der Waals surface area contributed by atoms with E-state index in [4.69, 9.17) is 14.5 Å². The maximum atomic E-state index is 10.2. The standard InChI is InChI=1S/C20H24N4O3/c1-26-17-8-7-13(11-18(17)27-2)14-12-21-24-10-9-19(23-20(14)24)22-15-5-3-4-6-16(15)25/h7-12,15-16,25H,3-6H2,1-2H3,(H,22,23). The minimum absolute atomic E-state index is 0.0427. The van der Waals surface area contributed by atoms with Crippen LogP contribution >= 0.6 is 0 Å². The van der Waals surface area contributed by atoms with Crippen molar-refractivity contribution < 1.29 is 14.6 Å². The summed E-state index contributed by atoms with van der Waals surface area (Å²) < 4.78 is 12.5. The summed E-state index contributed by atoms with van der Waals surface area (Å²) in [6.07, 6.45) is 7.34. The third-order valence-corrected chi connectivity index (χ3v) is 5.13. The average molecular weight is 368 g/mol. The Labute approximate surface area is 157 Å². The van der Waals surface area contributed by atoms with E-state index in [1.165, 1.54) is 0 Å². The number of nitrogens with zero attached hydrogens (tertiary/aromatic N) is 3. The molecule has 1 aliphatic carbocycles. The van der Waals surface area contributed by atoms with Crippen molar-refractivity contribution in [1.29, 1.82) is 0 Å². The monoisotopic (exact) mass is 368 g/mol. The molecule has 2 atom stereocenters. The van der Waals surface area contributed by atoms with Crippen LogP contribution in [0.15, 0.2) is 36.7 Å². The zero-order valence-electron chi connectivity index (χ0n) is 15.6. The Morgan fingerprint density at radius 3 is 2.70 bits per heavy atom. The lowest BCUT2D eigenvalue weighted by atomic mass is 9.93. The van der Waals surface area contributed by atoms with Crippen LogP contribution in [0, 0.1) is 0 Å². The molecule has 1 fully saturated rings. The molecule has 1 aromatic carbocycles. The van der Waals surface area contributed by atoms with Crippen LogP contribution in [0.5, 0.6) is 11.5 Å². The van der Waals surface area contributed by atoms with E-state index in [1.54, 1.807) is 24.9 Å². The van der Waals surface area contributed by atoms with Gasteiger partial charge in [-0.05, 0) is 36.6 Å². The van der Waals surface area contributed by atoms with Gasteiger partial charge in [0.25, 0.3) is 0 Å². The number of aliphatic hydroxyl groups is 1. The van der Waals surface area contributed by atoms with E-state index < -0.39 is 0 Å². The fourth-order valence-electron chi connectivity index (χ4n) is 3.63. The Kier molecular flexibility index (Phi) is 4.85. The van der Waals surface area contributed by atoms with Crippen LogP contribution in [0.1, 0.15) is 25.7 Å². The van der Waals surface area contributed by atoms with E-state index in [9.17, 15) is 5.11 Å². The molecule has 2 N–H and O–H groups in total. The molecule has 7 heteroatoms. The van der Waals surface area contributed by atoms with Gasteiger partial charge in [0.05, 0.1) is 32.6 Å². The number of fused-ring (bicyclic) bond motifs is 1. The first-order valence-electron chi connectivity index (χ1n) is 9.21. The SMILES string of the molecule is COc1ccc(-c2cnn3ccc(NC4CCCCC4O)nc23)cc1OC. The van der Waals surface area contributed by atoms with Gasteiger partial charge in [-0.1, -0.05) is 18.9 Å². The molecule has 4 rings (SSSR count). The molecule has 0 amide bonds. The summed E-state index contributed by atoms with van der Waals surface area (Å²) in [7, 11) is 3.24. The Morgan fingerprint density at radius 1 is 1.11 bits per heavy atom. The number of benzene rings is 1. The number of anilines is 1. The summed E-state index contributed by atoms with van der Waals surface area (Å²) >= 11 is 0. The lowest BCUT2D eigenvalue weighted by Crippen LogP contribution is -2.36. The van der Waals surface area contributed by atoms with Crippen molar-refractivity contribution in [3.05, 3.63) is 36.7 Å². The molecule has 2 heterocycles. The highest BCUT2D eigenvalue weighted by Crippen LogP contribution is 2.33. The molecule has 1 saturated carbocycles. The minimum atomic E-state index is -0.327. The largest absolute Gasteiger partial charge is 0.493 e. The predicted molar refractivity (Wildman–Crippen MR) is 103 cm³/mol. The molecule has 2 unspecified atom stereocenters. The number of methoxy groups -OCH3 is 2. The molecule has 2 aromatic heterocycles. The van der Waals surface area contributed by atoms with Gasteiger partial charge in [0.15, 0.2) is 17.1 Å². The van der Waals surface area contributed by atoms with Gasteiger partial charge in [-0.3, -0.25) is 0 Å². The molecular formula is C20H24N4O3. The molecule has 142 valence electrons. The molecule has 0 spiro atoms. The fraction of sp³-hybridized carbons (Fsp3) is 0.400. The van der Waals surface area contributed by atoms with Gasteiger partial charge in [0.2, 0.25) is 0 Å². The third-order valence-electron chi connectivity index (χ3n) is 5.13. The van der Waals surface area contributed by atoms with Gasteiger partial charge in [0.1, 0.15) is 5.82 Å². The molecule has 0 radical (unpaired) electrons. The second-order valence-electron chi connectivity index (χ2n) is 6.81. The van der Waals surface area contributed by atoms with E-state index in [1.807, 2.05) is 30.5 Å². The predicted octanol–water partition coefficient (Wildman–Crippen LogP) is 3.13. The molecule has 0 saturated heterocycles. The molecule has 1 aliphatic rings. The first-order chi connectivity index (χ1) is 13.2. The molecule has 3 aromatic rings.